The molecule has 2 atom stereocenters. The number of aliphatic carboxylic acids is 1. The Morgan fingerprint density at radius 3 is 1.85 bits per heavy atom. The van der Waals surface area contributed by atoms with Crippen molar-refractivity contribution in [2.75, 3.05) is 5.32 Å². The van der Waals surface area contributed by atoms with Gasteiger partial charge >= 0.3 is 5.97 Å². The van der Waals surface area contributed by atoms with Crippen LogP contribution in [0.15, 0.2) is 48.5 Å². The Balaban J connectivity index is 1.54. The highest BCUT2D eigenvalue weighted by molar-refractivity contribution is 6.04. The number of carbonyl (C=O) groups is 4. The minimum atomic E-state index is -0.992. The third-order valence-corrected chi connectivity index (χ3v) is 6.14. The van der Waals surface area contributed by atoms with Gasteiger partial charge in [-0.25, -0.2) is 0 Å². The number of hydrogen-bond donors (Lipinski definition) is 4. The van der Waals surface area contributed by atoms with E-state index < -0.39 is 29.6 Å². The van der Waals surface area contributed by atoms with E-state index >= 15 is 0 Å². The van der Waals surface area contributed by atoms with Crippen LogP contribution in [0.25, 0.3) is 0 Å². The fourth-order valence-electron chi connectivity index (χ4n) is 4.05. The number of anilines is 1. The van der Waals surface area contributed by atoms with Gasteiger partial charge in [-0.2, -0.15) is 0 Å². The van der Waals surface area contributed by atoms with Crippen LogP contribution in [0.5, 0.6) is 0 Å². The predicted molar refractivity (Wildman–Crippen MR) is 128 cm³/mol. The molecule has 0 heterocycles. The van der Waals surface area contributed by atoms with Crippen LogP contribution in [-0.2, 0) is 15.0 Å². The molecule has 34 heavy (non-hydrogen) atoms. The molecule has 4 N–H and O–H groups in total. The van der Waals surface area contributed by atoms with E-state index in [0.29, 0.717) is 24.1 Å². The number of hydrogen-bond acceptors (Lipinski definition) is 4. The number of carboxylic acid groups (broad SMARTS) is 1. The van der Waals surface area contributed by atoms with Gasteiger partial charge in [0, 0.05) is 16.8 Å². The Morgan fingerprint density at radius 2 is 1.29 bits per heavy atom. The summed E-state index contributed by atoms with van der Waals surface area (Å²) in [5.41, 5.74) is 7.16. The van der Waals surface area contributed by atoms with Gasteiger partial charge in [0.15, 0.2) is 0 Å². The van der Waals surface area contributed by atoms with Crippen LogP contribution >= 0.6 is 0 Å². The van der Waals surface area contributed by atoms with Crippen molar-refractivity contribution in [1.82, 2.24) is 10.9 Å². The largest absolute Gasteiger partial charge is 0.481 e. The quantitative estimate of drug-likeness (QED) is 0.499. The van der Waals surface area contributed by atoms with Crippen LogP contribution < -0.4 is 16.2 Å². The summed E-state index contributed by atoms with van der Waals surface area (Å²) in [6.07, 6.45) is 2.49. The molecule has 8 heteroatoms. The van der Waals surface area contributed by atoms with Gasteiger partial charge in [-0.15, -0.1) is 0 Å². The molecule has 0 spiro atoms. The Hall–Kier alpha value is -3.68. The summed E-state index contributed by atoms with van der Waals surface area (Å²) < 4.78 is 0. The number of carboxylic acids is 1. The lowest BCUT2D eigenvalue weighted by Gasteiger charge is -2.27. The molecule has 1 fully saturated rings. The first-order chi connectivity index (χ1) is 16.1. The molecule has 1 saturated carbocycles. The third kappa shape index (κ3) is 6.21. The summed E-state index contributed by atoms with van der Waals surface area (Å²) in [5.74, 6) is -3.69. The maximum atomic E-state index is 12.5. The van der Waals surface area contributed by atoms with Crippen molar-refractivity contribution < 1.29 is 24.3 Å². The Labute approximate surface area is 199 Å². The molecular weight excluding hydrogens is 434 g/mol. The molecule has 0 bridgehead atoms. The Morgan fingerprint density at radius 1 is 0.765 bits per heavy atom. The van der Waals surface area contributed by atoms with Crippen LogP contribution in [0.3, 0.4) is 0 Å². The SMILES string of the molecule is CC(C)(C)c1ccc(C(=O)Nc2ccc(C(=O)NNC(=O)C3CCCCC3C(=O)O)cc2)cc1. The summed E-state index contributed by atoms with van der Waals surface area (Å²) >= 11 is 0. The highest BCUT2D eigenvalue weighted by Gasteiger charge is 2.35. The highest BCUT2D eigenvalue weighted by Crippen LogP contribution is 2.30. The van der Waals surface area contributed by atoms with Crippen molar-refractivity contribution >= 4 is 29.4 Å². The molecule has 1 aliphatic rings. The van der Waals surface area contributed by atoms with E-state index in [9.17, 15) is 24.3 Å². The average Bonchev–Trinajstić information content (AvgIpc) is 2.82. The van der Waals surface area contributed by atoms with Crippen molar-refractivity contribution in [3.05, 3.63) is 65.2 Å². The van der Waals surface area contributed by atoms with Gasteiger partial charge in [0.1, 0.15) is 0 Å². The lowest BCUT2D eigenvalue weighted by atomic mass is 9.79. The topological polar surface area (TPSA) is 125 Å². The van der Waals surface area contributed by atoms with E-state index in [-0.39, 0.29) is 16.9 Å². The molecule has 2 unspecified atom stereocenters. The summed E-state index contributed by atoms with van der Waals surface area (Å²) in [4.78, 5) is 48.7. The maximum Gasteiger partial charge on any atom is 0.307 e. The summed E-state index contributed by atoms with van der Waals surface area (Å²) in [5, 5.41) is 12.1. The van der Waals surface area contributed by atoms with Crippen LogP contribution in [0.4, 0.5) is 5.69 Å². The second-order valence-corrected chi connectivity index (χ2v) is 9.64. The summed E-state index contributed by atoms with van der Waals surface area (Å²) in [6.45, 7) is 6.32. The minimum Gasteiger partial charge on any atom is -0.481 e. The standard InChI is InChI=1S/C26H31N3O5/c1-26(2,3)18-12-8-16(9-13-18)22(30)27-19-14-10-17(11-15-19)23(31)28-29-24(32)20-6-4-5-7-21(20)25(33)34/h8-15,20-21H,4-7H2,1-3H3,(H,27,30)(H,28,31)(H,29,32)(H,33,34). The molecule has 3 rings (SSSR count). The molecular formula is C26H31N3O5. The normalized spacial score (nSPS) is 18.0. The summed E-state index contributed by atoms with van der Waals surface area (Å²) in [7, 11) is 0. The molecule has 0 aromatic heterocycles. The second kappa shape index (κ2) is 10.5. The second-order valence-electron chi connectivity index (χ2n) is 9.64. The zero-order chi connectivity index (χ0) is 24.9. The number of benzene rings is 2. The van der Waals surface area contributed by atoms with Gasteiger partial charge in [0.2, 0.25) is 5.91 Å². The first kappa shape index (κ1) is 25.0. The number of hydrazine groups is 1. The smallest absolute Gasteiger partial charge is 0.307 e. The Bertz CT molecular complexity index is 1060. The van der Waals surface area contributed by atoms with E-state index in [1.54, 1.807) is 24.3 Å². The van der Waals surface area contributed by atoms with E-state index in [4.69, 9.17) is 0 Å². The number of rotatable bonds is 5. The molecule has 1 aliphatic carbocycles. The molecule has 2 aromatic carbocycles. The maximum absolute atomic E-state index is 12.5. The first-order valence-corrected chi connectivity index (χ1v) is 11.4. The monoisotopic (exact) mass is 465 g/mol. The van der Waals surface area contributed by atoms with E-state index in [0.717, 1.165) is 18.4 Å². The number of carbonyl (C=O) groups excluding carboxylic acids is 3. The molecule has 180 valence electrons. The molecule has 0 aliphatic heterocycles. The van der Waals surface area contributed by atoms with Crippen LogP contribution in [0.2, 0.25) is 0 Å². The molecule has 0 saturated heterocycles. The molecule has 2 aromatic rings. The van der Waals surface area contributed by atoms with E-state index in [1.165, 1.54) is 12.1 Å². The first-order valence-electron chi connectivity index (χ1n) is 11.4. The zero-order valence-corrected chi connectivity index (χ0v) is 19.7. The van der Waals surface area contributed by atoms with Crippen LogP contribution in [0.1, 0.15) is 72.7 Å². The summed E-state index contributed by atoms with van der Waals surface area (Å²) in [6, 6.07) is 13.7. The molecule has 8 nitrogen and oxygen atoms in total. The molecule has 0 radical (unpaired) electrons. The van der Waals surface area contributed by atoms with Crippen LogP contribution in [0, 0.1) is 11.8 Å². The zero-order valence-electron chi connectivity index (χ0n) is 19.7. The minimum absolute atomic E-state index is 0.000744. The predicted octanol–water partition coefficient (Wildman–Crippen LogP) is 3.89. The number of nitrogens with one attached hydrogen (secondary N) is 3. The van der Waals surface area contributed by atoms with Crippen molar-refractivity contribution in [3.63, 3.8) is 0 Å². The van der Waals surface area contributed by atoms with Gasteiger partial charge < -0.3 is 10.4 Å². The lowest BCUT2D eigenvalue weighted by Crippen LogP contribution is -2.47. The number of amides is 3. The van der Waals surface area contributed by atoms with Gasteiger partial charge in [-0.1, -0.05) is 45.7 Å². The van der Waals surface area contributed by atoms with Crippen molar-refractivity contribution in [2.24, 2.45) is 11.8 Å². The van der Waals surface area contributed by atoms with Gasteiger partial charge in [-0.05, 0) is 60.2 Å². The fraction of sp³-hybridized carbons (Fsp3) is 0.385. The van der Waals surface area contributed by atoms with Crippen LogP contribution in [-0.4, -0.2) is 28.8 Å². The van der Waals surface area contributed by atoms with Crippen molar-refractivity contribution in [2.45, 2.75) is 51.9 Å². The molecule has 3 amide bonds. The van der Waals surface area contributed by atoms with Gasteiger partial charge in [0.25, 0.3) is 11.8 Å². The van der Waals surface area contributed by atoms with Crippen molar-refractivity contribution in [3.8, 4) is 0 Å². The lowest BCUT2D eigenvalue weighted by molar-refractivity contribution is -0.149. The average molecular weight is 466 g/mol. The van der Waals surface area contributed by atoms with Gasteiger partial charge in [0.05, 0.1) is 11.8 Å². The Kier molecular flexibility index (Phi) is 7.71. The third-order valence-electron chi connectivity index (χ3n) is 6.14. The van der Waals surface area contributed by atoms with E-state index in [2.05, 4.69) is 36.9 Å². The van der Waals surface area contributed by atoms with E-state index in [1.807, 2.05) is 12.1 Å². The van der Waals surface area contributed by atoms with Crippen molar-refractivity contribution in [1.29, 1.82) is 0 Å². The fourth-order valence-corrected chi connectivity index (χ4v) is 4.05. The highest BCUT2D eigenvalue weighted by atomic mass is 16.4. The van der Waals surface area contributed by atoms with Gasteiger partial charge in [-0.3, -0.25) is 30.0 Å².